The van der Waals surface area contributed by atoms with E-state index in [2.05, 4.69) is 17.2 Å². The SMILES string of the molecule is O=C(N[C@@H](CCc1ccccc1)C(=O)OC12CC3CC(CC(C3)C1)C2)c1ccc([N+](=O)[O-])c(C#Cc2ccc(O)cc2)c1. The molecule has 8 nitrogen and oxygen atoms in total. The van der Waals surface area contributed by atoms with Gasteiger partial charge >= 0.3 is 5.97 Å². The largest absolute Gasteiger partial charge is 0.508 e. The van der Waals surface area contributed by atoms with Gasteiger partial charge in [-0.25, -0.2) is 4.79 Å². The summed E-state index contributed by atoms with van der Waals surface area (Å²) >= 11 is 0. The van der Waals surface area contributed by atoms with Gasteiger partial charge in [0.1, 0.15) is 23.0 Å². The molecule has 0 radical (unpaired) electrons. The van der Waals surface area contributed by atoms with E-state index in [4.69, 9.17) is 4.74 Å². The molecule has 4 saturated carbocycles. The molecular formula is C35H34N2O6. The molecule has 43 heavy (non-hydrogen) atoms. The van der Waals surface area contributed by atoms with Gasteiger partial charge in [0.15, 0.2) is 0 Å². The zero-order valence-electron chi connectivity index (χ0n) is 23.8. The minimum Gasteiger partial charge on any atom is -0.508 e. The molecule has 8 heteroatoms. The number of hydrogen-bond donors (Lipinski definition) is 2. The predicted octanol–water partition coefficient (Wildman–Crippen LogP) is 5.94. The van der Waals surface area contributed by atoms with Crippen LogP contribution in [0.5, 0.6) is 5.75 Å². The number of ether oxygens (including phenoxy) is 1. The minimum atomic E-state index is -0.873. The number of nitrogens with zero attached hydrogens (tertiary/aromatic N) is 1. The van der Waals surface area contributed by atoms with E-state index in [1.807, 2.05) is 30.3 Å². The lowest BCUT2D eigenvalue weighted by molar-refractivity contribution is -0.385. The summed E-state index contributed by atoms with van der Waals surface area (Å²) in [7, 11) is 0. The number of aromatic hydroxyl groups is 1. The van der Waals surface area contributed by atoms with E-state index >= 15 is 0 Å². The number of nitrogens with one attached hydrogen (secondary N) is 1. The van der Waals surface area contributed by atoms with Crippen LogP contribution >= 0.6 is 0 Å². The molecule has 0 saturated heterocycles. The molecule has 0 spiro atoms. The Labute approximate surface area is 250 Å². The zero-order chi connectivity index (χ0) is 30.0. The summed E-state index contributed by atoms with van der Waals surface area (Å²) in [6, 6.07) is 19.0. The molecule has 0 unspecified atom stereocenters. The number of aryl methyl sites for hydroxylation is 1. The van der Waals surface area contributed by atoms with Crippen molar-refractivity contribution in [3.05, 3.63) is 105 Å². The zero-order valence-corrected chi connectivity index (χ0v) is 23.8. The Morgan fingerprint density at radius 2 is 1.60 bits per heavy atom. The van der Waals surface area contributed by atoms with Crippen LogP contribution < -0.4 is 5.32 Å². The van der Waals surface area contributed by atoms with Crippen molar-refractivity contribution >= 4 is 17.6 Å². The van der Waals surface area contributed by atoms with Crippen molar-refractivity contribution < 1.29 is 24.4 Å². The van der Waals surface area contributed by atoms with Crippen molar-refractivity contribution in [3.63, 3.8) is 0 Å². The first kappa shape index (κ1) is 28.5. The van der Waals surface area contributed by atoms with Crippen molar-refractivity contribution in [3.8, 4) is 17.6 Å². The number of nitro benzene ring substituents is 1. The van der Waals surface area contributed by atoms with Gasteiger partial charge in [-0.3, -0.25) is 14.9 Å². The number of benzene rings is 3. The van der Waals surface area contributed by atoms with E-state index < -0.39 is 28.4 Å². The predicted molar refractivity (Wildman–Crippen MR) is 160 cm³/mol. The molecule has 4 aliphatic carbocycles. The second-order valence-electron chi connectivity index (χ2n) is 12.4. The summed E-state index contributed by atoms with van der Waals surface area (Å²) in [4.78, 5) is 38.4. The molecule has 4 bridgehead atoms. The molecule has 220 valence electrons. The fourth-order valence-electron chi connectivity index (χ4n) is 7.51. The van der Waals surface area contributed by atoms with Gasteiger partial charge in [0.05, 0.1) is 4.92 Å². The van der Waals surface area contributed by atoms with E-state index in [0.717, 1.165) is 24.8 Å². The quantitative estimate of drug-likeness (QED) is 0.148. The molecule has 3 aromatic rings. The number of carbonyl (C=O) groups is 2. The minimum absolute atomic E-state index is 0.0719. The molecule has 2 N–H and O–H groups in total. The van der Waals surface area contributed by atoms with Crippen LogP contribution in [0.2, 0.25) is 0 Å². The normalized spacial score (nSPS) is 24.0. The summed E-state index contributed by atoms with van der Waals surface area (Å²) in [5, 5.41) is 24.1. The monoisotopic (exact) mass is 578 g/mol. The van der Waals surface area contributed by atoms with E-state index in [-0.39, 0.29) is 22.6 Å². The Kier molecular flexibility index (Phi) is 7.90. The Morgan fingerprint density at radius 1 is 0.953 bits per heavy atom. The first-order valence-electron chi connectivity index (χ1n) is 14.9. The topological polar surface area (TPSA) is 119 Å². The van der Waals surface area contributed by atoms with Gasteiger partial charge in [-0.15, -0.1) is 0 Å². The number of nitro groups is 1. The van der Waals surface area contributed by atoms with Crippen LogP contribution in [0.1, 0.15) is 72.0 Å². The van der Waals surface area contributed by atoms with Crippen LogP contribution in [0.3, 0.4) is 0 Å². The van der Waals surface area contributed by atoms with Crippen LogP contribution in [-0.2, 0) is 16.0 Å². The maximum Gasteiger partial charge on any atom is 0.329 e. The average molecular weight is 579 g/mol. The van der Waals surface area contributed by atoms with Gasteiger partial charge in [0.2, 0.25) is 0 Å². The summed E-state index contributed by atoms with van der Waals surface area (Å²) in [6.45, 7) is 0. The fraction of sp³-hybridized carbons (Fsp3) is 0.371. The second-order valence-corrected chi connectivity index (χ2v) is 12.4. The lowest BCUT2D eigenvalue weighted by Crippen LogP contribution is -2.55. The van der Waals surface area contributed by atoms with E-state index in [0.29, 0.717) is 36.2 Å². The van der Waals surface area contributed by atoms with Crippen LogP contribution in [0, 0.1) is 39.7 Å². The molecule has 0 aliphatic heterocycles. The smallest absolute Gasteiger partial charge is 0.329 e. The highest BCUT2D eigenvalue weighted by molar-refractivity contribution is 5.97. The van der Waals surface area contributed by atoms with E-state index in [1.165, 1.54) is 49.6 Å². The standard InChI is InChI=1S/C35H34N2O6/c38-30-12-7-24(8-13-30)6-10-28-19-29(11-15-32(28)37(41)42)33(39)36-31(14-9-23-4-2-1-3-5-23)34(40)43-35-20-25-16-26(21-35)18-27(17-25)22-35/h1-5,7-8,11-13,15,19,25-27,31,38H,9,14,16-18,20-22H2,(H,36,39)/t25?,26?,27?,31-,35?/m0/s1. The lowest BCUT2D eigenvalue weighted by atomic mass is 9.54. The molecular weight excluding hydrogens is 544 g/mol. The number of phenols is 1. The van der Waals surface area contributed by atoms with Crippen LogP contribution in [0.15, 0.2) is 72.8 Å². The first-order chi connectivity index (χ1) is 20.7. The number of amides is 1. The average Bonchev–Trinajstić information content (AvgIpc) is 2.98. The molecule has 1 atom stereocenters. The molecule has 4 aliphatic rings. The number of esters is 1. The van der Waals surface area contributed by atoms with Gasteiger partial charge < -0.3 is 15.2 Å². The number of carbonyl (C=O) groups excluding carboxylic acids is 2. The number of phenolic OH excluding ortho intramolecular Hbond substituents is 1. The maximum absolute atomic E-state index is 13.7. The Bertz CT molecular complexity index is 1550. The first-order valence-corrected chi connectivity index (χ1v) is 14.9. The Hall–Kier alpha value is -4.64. The summed E-state index contributed by atoms with van der Waals surface area (Å²) in [5.74, 6) is 6.60. The molecule has 0 aromatic heterocycles. The molecule has 4 fully saturated rings. The van der Waals surface area contributed by atoms with Gasteiger partial charge in [-0.05, 0) is 111 Å². The van der Waals surface area contributed by atoms with E-state index in [1.54, 1.807) is 12.1 Å². The third kappa shape index (κ3) is 6.56. The van der Waals surface area contributed by atoms with Gasteiger partial charge in [0, 0.05) is 17.2 Å². The third-order valence-electron chi connectivity index (χ3n) is 9.12. The molecule has 1 amide bonds. The van der Waals surface area contributed by atoms with Gasteiger partial charge in [-0.2, -0.15) is 0 Å². The van der Waals surface area contributed by atoms with E-state index in [9.17, 15) is 24.8 Å². The second kappa shape index (κ2) is 11.9. The van der Waals surface area contributed by atoms with Crippen molar-refractivity contribution in [1.82, 2.24) is 5.32 Å². The van der Waals surface area contributed by atoms with Crippen molar-refractivity contribution in [1.29, 1.82) is 0 Å². The summed E-state index contributed by atoms with van der Waals surface area (Å²) in [6.07, 6.45) is 7.31. The van der Waals surface area contributed by atoms with Crippen LogP contribution in [0.25, 0.3) is 0 Å². The highest BCUT2D eigenvalue weighted by Crippen LogP contribution is 2.57. The molecule has 3 aromatic carbocycles. The third-order valence-corrected chi connectivity index (χ3v) is 9.12. The van der Waals surface area contributed by atoms with Crippen molar-refractivity contribution in [2.45, 2.75) is 63.0 Å². The fourth-order valence-corrected chi connectivity index (χ4v) is 7.51. The van der Waals surface area contributed by atoms with Crippen LogP contribution in [0.4, 0.5) is 5.69 Å². The lowest BCUT2D eigenvalue weighted by Gasteiger charge is -2.55. The van der Waals surface area contributed by atoms with Gasteiger partial charge in [-0.1, -0.05) is 42.2 Å². The summed E-state index contributed by atoms with van der Waals surface area (Å²) < 4.78 is 6.33. The molecule has 7 rings (SSSR count). The Balaban J connectivity index is 1.22. The van der Waals surface area contributed by atoms with Crippen LogP contribution in [-0.4, -0.2) is 33.5 Å². The Morgan fingerprint density at radius 3 is 2.23 bits per heavy atom. The number of rotatable bonds is 8. The molecule has 0 heterocycles. The van der Waals surface area contributed by atoms with Crippen molar-refractivity contribution in [2.75, 3.05) is 0 Å². The van der Waals surface area contributed by atoms with Gasteiger partial charge in [0.25, 0.3) is 11.6 Å². The maximum atomic E-state index is 13.7. The van der Waals surface area contributed by atoms with Crippen molar-refractivity contribution in [2.24, 2.45) is 17.8 Å². The highest BCUT2D eigenvalue weighted by Gasteiger charge is 2.53. The highest BCUT2D eigenvalue weighted by atomic mass is 16.6. The number of hydrogen-bond acceptors (Lipinski definition) is 6. The summed E-state index contributed by atoms with van der Waals surface area (Å²) in [5.41, 5.74) is 1.16.